The van der Waals surface area contributed by atoms with Crippen LogP contribution in [0.1, 0.15) is 17.3 Å². The highest BCUT2D eigenvalue weighted by molar-refractivity contribution is 9.10. The molecule has 0 aliphatic rings. The highest BCUT2D eigenvalue weighted by atomic mass is 79.9. The second kappa shape index (κ2) is 6.54. The van der Waals surface area contributed by atoms with E-state index in [2.05, 4.69) is 21.2 Å². The summed E-state index contributed by atoms with van der Waals surface area (Å²) in [5.74, 6) is -0.372. The average molecular weight is 313 g/mol. The molecule has 1 N–H and O–H groups in total. The maximum Gasteiger partial charge on any atom is 0.253 e. The number of amides is 2. The van der Waals surface area contributed by atoms with Crippen molar-refractivity contribution in [2.45, 2.75) is 6.92 Å². The molecule has 1 unspecified atom stereocenters. The van der Waals surface area contributed by atoms with Crippen LogP contribution in [0.3, 0.4) is 0 Å². The van der Waals surface area contributed by atoms with Gasteiger partial charge in [-0.3, -0.25) is 9.59 Å². The van der Waals surface area contributed by atoms with Crippen molar-refractivity contribution in [3.05, 3.63) is 34.3 Å². The Labute approximate surface area is 115 Å². The van der Waals surface area contributed by atoms with E-state index >= 15 is 0 Å². The fraction of sp³-hybridized carbons (Fsp3) is 0.385. The van der Waals surface area contributed by atoms with E-state index in [0.717, 1.165) is 4.47 Å². The molecule has 0 aliphatic carbocycles. The second-order valence-electron chi connectivity index (χ2n) is 4.21. The van der Waals surface area contributed by atoms with Crippen molar-refractivity contribution in [2.24, 2.45) is 5.92 Å². The zero-order valence-corrected chi connectivity index (χ0v) is 12.3. The lowest BCUT2D eigenvalue weighted by Crippen LogP contribution is -2.37. The van der Waals surface area contributed by atoms with E-state index in [0.29, 0.717) is 12.1 Å². The molecule has 0 saturated carbocycles. The third-order valence-corrected chi connectivity index (χ3v) is 3.21. The lowest BCUT2D eigenvalue weighted by molar-refractivity contribution is -0.124. The highest BCUT2D eigenvalue weighted by Gasteiger charge is 2.18. The van der Waals surface area contributed by atoms with Crippen molar-refractivity contribution < 1.29 is 9.59 Å². The van der Waals surface area contributed by atoms with Crippen molar-refractivity contribution in [3.8, 4) is 0 Å². The number of carbonyl (C=O) groups is 2. The fourth-order valence-corrected chi connectivity index (χ4v) is 1.90. The smallest absolute Gasteiger partial charge is 0.253 e. The Balaban J connectivity index is 2.67. The summed E-state index contributed by atoms with van der Waals surface area (Å²) in [5.41, 5.74) is 0.616. The van der Waals surface area contributed by atoms with Crippen LogP contribution < -0.4 is 5.32 Å². The summed E-state index contributed by atoms with van der Waals surface area (Å²) in [6.07, 6.45) is 0. The van der Waals surface area contributed by atoms with Gasteiger partial charge in [0, 0.05) is 30.7 Å². The molecule has 4 nitrogen and oxygen atoms in total. The molecular formula is C13H17BrN2O2. The molecule has 0 aromatic heterocycles. The molecule has 1 rings (SSSR count). The Morgan fingerprint density at radius 3 is 2.39 bits per heavy atom. The molecule has 98 valence electrons. The minimum absolute atomic E-state index is 0.0644. The van der Waals surface area contributed by atoms with Crippen LogP contribution in [0.25, 0.3) is 0 Å². The topological polar surface area (TPSA) is 49.4 Å². The normalized spacial score (nSPS) is 11.8. The zero-order valence-electron chi connectivity index (χ0n) is 10.7. The number of hydrogen-bond acceptors (Lipinski definition) is 2. The van der Waals surface area contributed by atoms with E-state index < -0.39 is 0 Å². The number of benzene rings is 1. The van der Waals surface area contributed by atoms with Gasteiger partial charge in [-0.25, -0.2) is 0 Å². The monoisotopic (exact) mass is 312 g/mol. The molecule has 0 heterocycles. The van der Waals surface area contributed by atoms with Crippen molar-refractivity contribution >= 4 is 27.7 Å². The summed E-state index contributed by atoms with van der Waals surface area (Å²) in [6, 6.07) is 7.16. The predicted molar refractivity (Wildman–Crippen MR) is 74.3 cm³/mol. The number of nitrogens with one attached hydrogen (secondary N) is 1. The number of nitrogens with zero attached hydrogens (tertiary/aromatic N) is 1. The van der Waals surface area contributed by atoms with Gasteiger partial charge in [-0.2, -0.15) is 0 Å². The second-order valence-corrected chi connectivity index (χ2v) is 5.12. The van der Waals surface area contributed by atoms with Crippen molar-refractivity contribution in [3.63, 3.8) is 0 Å². The number of hydrogen-bond donors (Lipinski definition) is 1. The van der Waals surface area contributed by atoms with Crippen LogP contribution >= 0.6 is 15.9 Å². The minimum atomic E-state index is -0.223. The van der Waals surface area contributed by atoms with E-state index in [9.17, 15) is 9.59 Å². The van der Waals surface area contributed by atoms with Crippen LogP contribution in [0, 0.1) is 5.92 Å². The molecule has 1 atom stereocenters. The van der Waals surface area contributed by atoms with E-state index in [1.54, 1.807) is 38.1 Å². The van der Waals surface area contributed by atoms with Gasteiger partial charge in [0.1, 0.15) is 0 Å². The summed E-state index contributed by atoms with van der Waals surface area (Å²) in [5, 5.41) is 2.57. The SMILES string of the molecule is CNC(=O)C(C)CN(C)C(=O)c1ccc(Br)cc1. The van der Waals surface area contributed by atoms with E-state index in [4.69, 9.17) is 0 Å². The lowest BCUT2D eigenvalue weighted by Gasteiger charge is -2.20. The van der Waals surface area contributed by atoms with Gasteiger partial charge in [0.15, 0.2) is 0 Å². The van der Waals surface area contributed by atoms with Crippen LogP contribution in [0.2, 0.25) is 0 Å². The Morgan fingerprint density at radius 1 is 1.33 bits per heavy atom. The van der Waals surface area contributed by atoms with Gasteiger partial charge in [-0.15, -0.1) is 0 Å². The van der Waals surface area contributed by atoms with Crippen molar-refractivity contribution in [2.75, 3.05) is 20.6 Å². The van der Waals surface area contributed by atoms with Crippen LogP contribution in [0.15, 0.2) is 28.7 Å². The Bertz CT molecular complexity index is 431. The third kappa shape index (κ3) is 3.84. The Kier molecular flexibility index (Phi) is 5.34. The van der Waals surface area contributed by atoms with Crippen LogP contribution in [-0.4, -0.2) is 37.4 Å². The Morgan fingerprint density at radius 2 is 1.89 bits per heavy atom. The van der Waals surface area contributed by atoms with Crippen LogP contribution in [-0.2, 0) is 4.79 Å². The van der Waals surface area contributed by atoms with Crippen molar-refractivity contribution in [1.82, 2.24) is 10.2 Å². The average Bonchev–Trinajstić information content (AvgIpc) is 2.37. The zero-order chi connectivity index (χ0) is 13.7. The molecule has 1 aromatic carbocycles. The number of rotatable bonds is 4. The summed E-state index contributed by atoms with van der Waals surface area (Å²) in [6.45, 7) is 2.19. The first-order chi connectivity index (χ1) is 8.45. The molecule has 0 bridgehead atoms. The summed E-state index contributed by atoms with van der Waals surface area (Å²) in [7, 11) is 3.29. The maximum atomic E-state index is 12.1. The lowest BCUT2D eigenvalue weighted by atomic mass is 10.1. The molecular weight excluding hydrogens is 296 g/mol. The first kappa shape index (κ1) is 14.7. The van der Waals surface area contributed by atoms with E-state index in [1.165, 1.54) is 0 Å². The van der Waals surface area contributed by atoms with Crippen molar-refractivity contribution in [1.29, 1.82) is 0 Å². The molecule has 2 amide bonds. The molecule has 0 radical (unpaired) electrons. The van der Waals surface area contributed by atoms with Gasteiger partial charge in [0.2, 0.25) is 5.91 Å². The largest absolute Gasteiger partial charge is 0.359 e. The summed E-state index contributed by atoms with van der Waals surface area (Å²) in [4.78, 5) is 25.0. The third-order valence-electron chi connectivity index (χ3n) is 2.68. The first-order valence-electron chi connectivity index (χ1n) is 5.68. The molecule has 0 aliphatic heterocycles. The van der Waals surface area contributed by atoms with Gasteiger partial charge < -0.3 is 10.2 Å². The standard InChI is InChI=1S/C13H17BrN2O2/c1-9(12(17)15-2)8-16(3)13(18)10-4-6-11(14)7-5-10/h4-7,9H,8H2,1-3H3,(H,15,17). The van der Waals surface area contributed by atoms with Crippen LogP contribution in [0.5, 0.6) is 0 Å². The molecule has 0 saturated heterocycles. The fourth-order valence-electron chi connectivity index (χ4n) is 1.64. The summed E-state index contributed by atoms with van der Waals surface area (Å²) >= 11 is 3.32. The molecule has 5 heteroatoms. The molecule has 0 spiro atoms. The van der Waals surface area contributed by atoms with E-state index in [1.807, 2.05) is 12.1 Å². The van der Waals surface area contributed by atoms with Crippen LogP contribution in [0.4, 0.5) is 0 Å². The van der Waals surface area contributed by atoms with Gasteiger partial charge in [-0.05, 0) is 24.3 Å². The summed E-state index contributed by atoms with van der Waals surface area (Å²) < 4.78 is 0.931. The molecule has 0 fully saturated rings. The molecule has 18 heavy (non-hydrogen) atoms. The van der Waals surface area contributed by atoms with Gasteiger partial charge in [-0.1, -0.05) is 22.9 Å². The Hall–Kier alpha value is -1.36. The van der Waals surface area contributed by atoms with E-state index in [-0.39, 0.29) is 17.7 Å². The highest BCUT2D eigenvalue weighted by Crippen LogP contribution is 2.12. The quantitative estimate of drug-likeness (QED) is 0.923. The van der Waals surface area contributed by atoms with Gasteiger partial charge in [0.05, 0.1) is 5.92 Å². The first-order valence-corrected chi connectivity index (χ1v) is 6.47. The number of halogens is 1. The number of carbonyl (C=O) groups excluding carboxylic acids is 2. The minimum Gasteiger partial charge on any atom is -0.359 e. The molecule has 1 aromatic rings. The maximum absolute atomic E-state index is 12.1. The predicted octanol–water partition coefficient (Wildman–Crippen LogP) is 1.90. The van der Waals surface area contributed by atoms with Gasteiger partial charge in [0.25, 0.3) is 5.91 Å². The van der Waals surface area contributed by atoms with Gasteiger partial charge >= 0.3 is 0 Å².